The van der Waals surface area contributed by atoms with E-state index in [1.807, 2.05) is 19.9 Å². The van der Waals surface area contributed by atoms with Crippen LogP contribution in [-0.4, -0.2) is 23.7 Å². The zero-order valence-corrected chi connectivity index (χ0v) is 15.0. The summed E-state index contributed by atoms with van der Waals surface area (Å²) in [5, 5.41) is 4.96. The van der Waals surface area contributed by atoms with Crippen LogP contribution < -0.4 is 10.2 Å². The molecule has 24 heavy (non-hydrogen) atoms. The second kappa shape index (κ2) is 8.76. The second-order valence-corrected chi connectivity index (χ2v) is 6.20. The lowest BCUT2D eigenvalue weighted by atomic mass is 10.3. The number of amides is 1. The van der Waals surface area contributed by atoms with Crippen LogP contribution in [-0.2, 0) is 4.79 Å². The third kappa shape index (κ3) is 5.58. The van der Waals surface area contributed by atoms with Gasteiger partial charge in [-0.1, -0.05) is 23.2 Å². The quantitative estimate of drug-likeness (QED) is 0.436. The molecule has 0 radical (unpaired) electrons. The maximum atomic E-state index is 11.7. The highest BCUT2D eigenvalue weighted by Gasteiger charge is 2.04. The van der Waals surface area contributed by atoms with Gasteiger partial charge in [-0.25, -0.2) is 5.43 Å². The summed E-state index contributed by atoms with van der Waals surface area (Å²) >= 11 is 11.8. The summed E-state index contributed by atoms with van der Waals surface area (Å²) in [4.78, 5) is 14.9. The Morgan fingerprint density at radius 3 is 2.79 bits per heavy atom. The van der Waals surface area contributed by atoms with E-state index in [-0.39, 0.29) is 5.91 Å². The fourth-order valence-electron chi connectivity index (χ4n) is 2.12. The highest BCUT2D eigenvalue weighted by atomic mass is 35.5. The molecular formula is C17H19Cl2N3O2. The number of nitrogens with zero attached hydrogens (tertiary/aromatic N) is 1. The molecule has 1 aromatic heterocycles. The average molecular weight is 368 g/mol. The van der Waals surface area contributed by atoms with Crippen LogP contribution in [0.3, 0.4) is 0 Å². The summed E-state index contributed by atoms with van der Waals surface area (Å²) in [6.45, 7) is 4.31. The summed E-state index contributed by atoms with van der Waals surface area (Å²) in [6.07, 6.45) is 2.50. The van der Waals surface area contributed by atoms with E-state index in [0.717, 1.165) is 17.0 Å². The molecule has 0 atom stereocenters. The SMILES string of the molecule is Cc1cc(/C=N/NC(=O)CCCOc2ccc(Cl)cc2Cl)c(C)[nH]1. The Morgan fingerprint density at radius 2 is 2.12 bits per heavy atom. The Labute approximate surface area is 151 Å². The second-order valence-electron chi connectivity index (χ2n) is 5.35. The van der Waals surface area contributed by atoms with E-state index in [0.29, 0.717) is 35.2 Å². The van der Waals surface area contributed by atoms with Crippen molar-refractivity contribution in [3.05, 3.63) is 51.3 Å². The number of ether oxygens (including phenoxy) is 1. The first-order valence-corrected chi connectivity index (χ1v) is 8.27. The minimum atomic E-state index is -0.165. The number of aromatic amines is 1. The molecule has 0 bridgehead atoms. The Morgan fingerprint density at radius 1 is 1.33 bits per heavy atom. The van der Waals surface area contributed by atoms with Crippen LogP contribution in [0.2, 0.25) is 10.0 Å². The fourth-order valence-corrected chi connectivity index (χ4v) is 2.58. The number of rotatable bonds is 7. The molecule has 0 aliphatic rings. The highest BCUT2D eigenvalue weighted by molar-refractivity contribution is 6.35. The zero-order valence-electron chi connectivity index (χ0n) is 13.5. The van der Waals surface area contributed by atoms with E-state index in [1.165, 1.54) is 0 Å². The molecule has 0 fully saturated rings. The predicted molar refractivity (Wildman–Crippen MR) is 97.2 cm³/mol. The van der Waals surface area contributed by atoms with Gasteiger partial charge >= 0.3 is 0 Å². The van der Waals surface area contributed by atoms with E-state index in [4.69, 9.17) is 27.9 Å². The highest BCUT2D eigenvalue weighted by Crippen LogP contribution is 2.27. The summed E-state index contributed by atoms with van der Waals surface area (Å²) < 4.78 is 5.52. The number of aryl methyl sites for hydroxylation is 2. The van der Waals surface area contributed by atoms with Gasteiger partial charge in [-0.2, -0.15) is 5.10 Å². The molecule has 1 amide bonds. The van der Waals surface area contributed by atoms with Crippen LogP contribution >= 0.6 is 23.2 Å². The van der Waals surface area contributed by atoms with Crippen molar-refractivity contribution < 1.29 is 9.53 Å². The first-order chi connectivity index (χ1) is 11.5. The Kier molecular flexibility index (Phi) is 6.70. The maximum Gasteiger partial charge on any atom is 0.240 e. The van der Waals surface area contributed by atoms with Gasteiger partial charge < -0.3 is 9.72 Å². The first kappa shape index (κ1) is 18.4. The number of carbonyl (C=O) groups is 1. The van der Waals surface area contributed by atoms with Crippen LogP contribution in [0.5, 0.6) is 5.75 Å². The molecule has 1 heterocycles. The van der Waals surface area contributed by atoms with E-state index in [2.05, 4.69) is 15.5 Å². The van der Waals surface area contributed by atoms with Gasteiger partial charge in [-0.05, 0) is 44.5 Å². The normalized spacial score (nSPS) is 11.0. The van der Waals surface area contributed by atoms with Gasteiger partial charge in [0.2, 0.25) is 5.91 Å². The largest absolute Gasteiger partial charge is 0.492 e. The van der Waals surface area contributed by atoms with E-state index in [9.17, 15) is 4.79 Å². The standard InChI is InChI=1S/C17H19Cl2N3O2/c1-11-8-13(12(2)21-11)10-20-22-17(23)4-3-7-24-16-6-5-14(18)9-15(16)19/h5-6,8-10,21H,3-4,7H2,1-2H3,(H,22,23)/b20-10+. The summed E-state index contributed by atoms with van der Waals surface area (Å²) in [7, 11) is 0. The number of aromatic nitrogens is 1. The number of carbonyl (C=O) groups excluding carboxylic acids is 1. The lowest BCUT2D eigenvalue weighted by molar-refractivity contribution is -0.121. The molecule has 0 saturated heterocycles. The monoisotopic (exact) mass is 367 g/mol. The number of H-pyrrole nitrogens is 1. The molecule has 7 heteroatoms. The number of hydrazone groups is 1. The topological polar surface area (TPSA) is 66.5 Å². The number of nitrogens with one attached hydrogen (secondary N) is 2. The van der Waals surface area contributed by atoms with Crippen molar-refractivity contribution in [1.82, 2.24) is 10.4 Å². The fraction of sp³-hybridized carbons (Fsp3) is 0.294. The number of halogens is 2. The maximum absolute atomic E-state index is 11.7. The van der Waals surface area contributed by atoms with Crippen LogP contribution in [0.1, 0.15) is 29.8 Å². The van der Waals surface area contributed by atoms with Crippen molar-refractivity contribution in [2.24, 2.45) is 5.10 Å². The van der Waals surface area contributed by atoms with Gasteiger partial charge in [-0.3, -0.25) is 4.79 Å². The molecular weight excluding hydrogens is 349 g/mol. The van der Waals surface area contributed by atoms with Gasteiger partial charge in [0.25, 0.3) is 0 Å². The van der Waals surface area contributed by atoms with Crippen LogP contribution in [0.15, 0.2) is 29.4 Å². The predicted octanol–water partition coefficient (Wildman–Crippen LogP) is 4.25. The van der Waals surface area contributed by atoms with E-state index >= 15 is 0 Å². The van der Waals surface area contributed by atoms with Gasteiger partial charge in [0.1, 0.15) is 5.75 Å². The molecule has 0 spiro atoms. The van der Waals surface area contributed by atoms with Gasteiger partial charge in [0.15, 0.2) is 0 Å². The molecule has 0 saturated carbocycles. The molecule has 2 rings (SSSR count). The lowest BCUT2D eigenvalue weighted by Crippen LogP contribution is -2.18. The Hall–Kier alpha value is -1.98. The molecule has 1 aromatic carbocycles. The van der Waals surface area contributed by atoms with Crippen molar-refractivity contribution >= 4 is 35.3 Å². The molecule has 2 N–H and O–H groups in total. The zero-order chi connectivity index (χ0) is 17.5. The average Bonchev–Trinajstić information content (AvgIpc) is 2.83. The third-order valence-corrected chi connectivity index (χ3v) is 3.81. The molecule has 0 aliphatic heterocycles. The van der Waals surface area contributed by atoms with Crippen LogP contribution in [0, 0.1) is 13.8 Å². The summed E-state index contributed by atoms with van der Waals surface area (Å²) in [5.41, 5.74) is 5.52. The summed E-state index contributed by atoms with van der Waals surface area (Å²) in [5.74, 6) is 0.389. The van der Waals surface area contributed by atoms with Gasteiger partial charge in [0.05, 0.1) is 17.8 Å². The molecule has 0 aliphatic carbocycles. The summed E-state index contributed by atoms with van der Waals surface area (Å²) in [6, 6.07) is 6.99. The number of hydrogen-bond acceptors (Lipinski definition) is 3. The van der Waals surface area contributed by atoms with Gasteiger partial charge in [0, 0.05) is 28.4 Å². The molecule has 5 nitrogen and oxygen atoms in total. The molecule has 128 valence electrons. The van der Waals surface area contributed by atoms with E-state index < -0.39 is 0 Å². The smallest absolute Gasteiger partial charge is 0.240 e. The van der Waals surface area contributed by atoms with Crippen LogP contribution in [0.4, 0.5) is 0 Å². The third-order valence-electron chi connectivity index (χ3n) is 3.28. The van der Waals surface area contributed by atoms with Crippen molar-refractivity contribution in [3.8, 4) is 5.75 Å². The number of hydrogen-bond donors (Lipinski definition) is 2. The van der Waals surface area contributed by atoms with Crippen LogP contribution in [0.25, 0.3) is 0 Å². The Balaban J connectivity index is 1.69. The molecule has 2 aromatic rings. The molecule has 0 unspecified atom stereocenters. The van der Waals surface area contributed by atoms with E-state index in [1.54, 1.807) is 24.4 Å². The van der Waals surface area contributed by atoms with Crippen molar-refractivity contribution in [2.75, 3.05) is 6.61 Å². The van der Waals surface area contributed by atoms with Crippen molar-refractivity contribution in [2.45, 2.75) is 26.7 Å². The first-order valence-electron chi connectivity index (χ1n) is 7.51. The minimum Gasteiger partial charge on any atom is -0.492 e. The van der Waals surface area contributed by atoms with Gasteiger partial charge in [-0.15, -0.1) is 0 Å². The Bertz CT molecular complexity index is 741. The van der Waals surface area contributed by atoms with Crippen molar-refractivity contribution in [3.63, 3.8) is 0 Å². The minimum absolute atomic E-state index is 0.165. The number of benzene rings is 1. The lowest BCUT2D eigenvalue weighted by Gasteiger charge is -2.07. The van der Waals surface area contributed by atoms with Crippen molar-refractivity contribution in [1.29, 1.82) is 0 Å².